The molecule has 0 unspecified atom stereocenters. The molecule has 2 aromatic carbocycles. The van der Waals surface area contributed by atoms with E-state index >= 15 is 0 Å². The van der Waals surface area contributed by atoms with Gasteiger partial charge in [-0.1, -0.05) is 47.6 Å². The number of nitrogens with zero attached hydrogens (tertiary/aromatic N) is 2. The number of amides is 1. The van der Waals surface area contributed by atoms with Crippen LogP contribution in [0.2, 0.25) is 0 Å². The number of carbonyl (C=O) groups excluding carboxylic acids is 1. The minimum atomic E-state index is -1.05. The van der Waals surface area contributed by atoms with Crippen molar-refractivity contribution >= 4 is 40.4 Å². The number of carbonyl (C=O) groups is 2. The van der Waals surface area contributed by atoms with Crippen molar-refractivity contribution in [2.75, 3.05) is 18.0 Å². The summed E-state index contributed by atoms with van der Waals surface area (Å²) in [6.45, 7) is 14.5. The lowest BCUT2D eigenvalue weighted by molar-refractivity contribution is 0.0962. The first-order valence-corrected chi connectivity index (χ1v) is 11.5. The largest absolute Gasteiger partial charge is 0.507 e. The number of nitrogens with one attached hydrogen (secondary N) is 1. The molecule has 0 bridgehead atoms. The first-order valence-electron chi connectivity index (χ1n) is 11.5. The number of carboxylic acid groups (broad SMARTS) is 1. The highest BCUT2D eigenvalue weighted by atomic mass is 79.9. The Morgan fingerprint density at radius 2 is 1.57 bits per heavy atom. The van der Waals surface area contributed by atoms with E-state index in [1.54, 1.807) is 36.1 Å². The first kappa shape index (κ1) is 28.4. The molecule has 1 aliphatic heterocycles. The number of Topliss-reactive ketones (excluding diaryl/α,β-unsaturated/α-hetero) is 1. The highest BCUT2D eigenvalue weighted by Crippen LogP contribution is 2.40. The van der Waals surface area contributed by atoms with Gasteiger partial charge in [0, 0.05) is 41.0 Å². The number of amidine groups is 1. The lowest BCUT2D eigenvalue weighted by atomic mass is 9.78. The van der Waals surface area contributed by atoms with E-state index in [1.165, 1.54) is 4.90 Å². The molecule has 1 heterocycles. The lowest BCUT2D eigenvalue weighted by Crippen LogP contribution is -2.31. The van der Waals surface area contributed by atoms with Crippen molar-refractivity contribution in [3.8, 4) is 5.75 Å². The maximum absolute atomic E-state index is 13.4. The molecule has 0 atom stereocenters. The van der Waals surface area contributed by atoms with Crippen LogP contribution in [0, 0.1) is 5.41 Å². The Kier molecular flexibility index (Phi) is 8.11. The average Bonchev–Trinajstić information content (AvgIpc) is 3.01. The Balaban J connectivity index is 0.00000432. The van der Waals surface area contributed by atoms with Crippen molar-refractivity contribution in [1.82, 2.24) is 4.90 Å². The molecule has 35 heavy (non-hydrogen) atoms. The summed E-state index contributed by atoms with van der Waals surface area (Å²) >= 11 is 0. The van der Waals surface area contributed by atoms with Gasteiger partial charge in [-0.25, -0.2) is 4.79 Å². The van der Waals surface area contributed by atoms with Gasteiger partial charge in [0.1, 0.15) is 11.6 Å². The number of halogens is 1. The topological polar surface area (TPSA) is 105 Å². The van der Waals surface area contributed by atoms with Gasteiger partial charge in [-0.2, -0.15) is 0 Å². The zero-order valence-corrected chi connectivity index (χ0v) is 23.2. The highest BCUT2D eigenvalue weighted by molar-refractivity contribution is 8.93. The van der Waals surface area contributed by atoms with E-state index in [0.717, 1.165) is 16.7 Å². The lowest BCUT2D eigenvalue weighted by Gasteiger charge is -2.28. The molecular weight excluding hydrogens is 510 g/mol. The maximum atomic E-state index is 13.4. The molecule has 3 N–H and O–H groups in total. The van der Waals surface area contributed by atoms with E-state index in [4.69, 9.17) is 5.41 Å². The van der Waals surface area contributed by atoms with Crippen LogP contribution in [-0.4, -0.2) is 45.9 Å². The fourth-order valence-corrected chi connectivity index (χ4v) is 4.31. The fourth-order valence-electron chi connectivity index (χ4n) is 4.31. The summed E-state index contributed by atoms with van der Waals surface area (Å²) in [5.74, 6) is 0.302. The van der Waals surface area contributed by atoms with Crippen LogP contribution in [0.1, 0.15) is 81.1 Å². The number of rotatable bonds is 5. The number of phenols is 1. The Morgan fingerprint density at radius 1 is 1.03 bits per heavy atom. The van der Waals surface area contributed by atoms with Gasteiger partial charge >= 0.3 is 6.09 Å². The van der Waals surface area contributed by atoms with Crippen LogP contribution in [0.4, 0.5) is 10.5 Å². The molecule has 0 saturated carbocycles. The van der Waals surface area contributed by atoms with E-state index in [0.29, 0.717) is 29.9 Å². The second-order valence-corrected chi connectivity index (χ2v) is 10.9. The van der Waals surface area contributed by atoms with Crippen molar-refractivity contribution in [3.05, 3.63) is 58.1 Å². The van der Waals surface area contributed by atoms with Gasteiger partial charge in [0.15, 0.2) is 5.78 Å². The third-order valence-corrected chi connectivity index (χ3v) is 6.27. The molecular formula is C27H36BrN3O4. The average molecular weight is 547 g/mol. The van der Waals surface area contributed by atoms with E-state index in [2.05, 4.69) is 0 Å². The van der Waals surface area contributed by atoms with Crippen LogP contribution in [0.15, 0.2) is 30.3 Å². The molecule has 0 aromatic heterocycles. The van der Waals surface area contributed by atoms with Crippen LogP contribution >= 0.6 is 17.0 Å². The fraction of sp³-hybridized carbons (Fsp3) is 0.444. The molecule has 8 heteroatoms. The van der Waals surface area contributed by atoms with Gasteiger partial charge in [-0.3, -0.25) is 15.1 Å². The summed E-state index contributed by atoms with van der Waals surface area (Å²) in [4.78, 5) is 27.8. The predicted octanol–water partition coefficient (Wildman–Crippen LogP) is 6.09. The number of ketones is 1. The first-order chi connectivity index (χ1) is 15.6. The zero-order valence-electron chi connectivity index (χ0n) is 21.5. The summed E-state index contributed by atoms with van der Waals surface area (Å²) in [6, 6.07) is 8.80. The van der Waals surface area contributed by atoms with E-state index < -0.39 is 6.09 Å². The number of anilines is 1. The molecule has 0 spiro atoms. The second kappa shape index (κ2) is 10.0. The van der Waals surface area contributed by atoms with Crippen LogP contribution in [-0.2, 0) is 17.4 Å². The molecule has 190 valence electrons. The van der Waals surface area contributed by atoms with E-state index in [1.807, 2.05) is 47.6 Å². The third-order valence-electron chi connectivity index (χ3n) is 6.27. The number of benzene rings is 2. The number of hydrogen-bond acceptors (Lipinski definition) is 4. The van der Waals surface area contributed by atoms with Crippen LogP contribution in [0.25, 0.3) is 0 Å². The summed E-state index contributed by atoms with van der Waals surface area (Å²) in [5.41, 5.74) is 3.31. The molecule has 2 aromatic rings. The molecule has 0 saturated heterocycles. The van der Waals surface area contributed by atoms with Crippen molar-refractivity contribution < 1.29 is 19.8 Å². The predicted molar refractivity (Wildman–Crippen MR) is 145 cm³/mol. The van der Waals surface area contributed by atoms with Crippen LogP contribution < -0.4 is 4.90 Å². The van der Waals surface area contributed by atoms with Crippen LogP contribution in [0.3, 0.4) is 0 Å². The standard InChI is InChI=1S/C27H35N3O4.BrH/c1-8-30(25(33)34)18-10-9-16-14-29(24(28)19(16)13-18)15-22(31)17-11-20(26(2,3)4)23(32)21(12-17)27(5,6)7;/h9-13,28,32H,8,14-15H2,1-7H3,(H,33,34);1H. The van der Waals surface area contributed by atoms with Crippen LogP contribution in [0.5, 0.6) is 5.75 Å². The Bertz CT molecular complexity index is 1130. The number of aromatic hydroxyl groups is 1. The van der Waals surface area contributed by atoms with Crippen molar-refractivity contribution in [1.29, 1.82) is 5.41 Å². The quantitative estimate of drug-likeness (QED) is 0.394. The minimum absolute atomic E-state index is 0. The highest BCUT2D eigenvalue weighted by Gasteiger charge is 2.30. The molecule has 0 aliphatic carbocycles. The number of phenolic OH excluding ortho intramolecular Hbond substituents is 1. The molecule has 0 fully saturated rings. The smallest absolute Gasteiger partial charge is 0.411 e. The summed E-state index contributed by atoms with van der Waals surface area (Å²) in [6.07, 6.45) is -1.05. The van der Waals surface area contributed by atoms with Gasteiger partial charge in [-0.15, -0.1) is 17.0 Å². The van der Waals surface area contributed by atoms with Gasteiger partial charge in [0.25, 0.3) is 0 Å². The number of fused-ring (bicyclic) bond motifs is 1. The Hall–Kier alpha value is -2.87. The maximum Gasteiger partial charge on any atom is 0.411 e. The van der Waals surface area contributed by atoms with Crippen molar-refractivity contribution in [2.45, 2.75) is 65.8 Å². The zero-order chi connectivity index (χ0) is 25.6. The summed E-state index contributed by atoms with van der Waals surface area (Å²) in [5, 5.41) is 29.0. The van der Waals surface area contributed by atoms with Crippen molar-refractivity contribution in [2.24, 2.45) is 0 Å². The second-order valence-electron chi connectivity index (χ2n) is 10.9. The SMILES string of the molecule is Br.CCN(C(=O)O)c1ccc2c(c1)C(=N)N(CC(=O)c1cc(C(C)(C)C)c(O)c(C(C)(C)C)c1)C2. The Labute approximate surface area is 218 Å². The molecule has 3 rings (SSSR count). The van der Waals surface area contributed by atoms with Crippen molar-refractivity contribution in [3.63, 3.8) is 0 Å². The van der Waals surface area contributed by atoms with E-state index in [9.17, 15) is 19.8 Å². The normalized spacial score (nSPS) is 13.3. The Morgan fingerprint density at radius 3 is 2.03 bits per heavy atom. The van der Waals surface area contributed by atoms with Gasteiger partial charge < -0.3 is 15.1 Å². The van der Waals surface area contributed by atoms with Gasteiger partial charge in [0.05, 0.1) is 6.54 Å². The molecule has 0 radical (unpaired) electrons. The van der Waals surface area contributed by atoms with Gasteiger partial charge in [-0.05, 0) is 47.6 Å². The third kappa shape index (κ3) is 5.69. The molecule has 1 aliphatic rings. The minimum Gasteiger partial charge on any atom is -0.507 e. The van der Waals surface area contributed by atoms with Gasteiger partial charge in [0.2, 0.25) is 0 Å². The van der Waals surface area contributed by atoms with E-state index in [-0.39, 0.29) is 51.7 Å². The number of hydrogen-bond donors (Lipinski definition) is 3. The molecule has 7 nitrogen and oxygen atoms in total. The summed E-state index contributed by atoms with van der Waals surface area (Å²) < 4.78 is 0. The summed E-state index contributed by atoms with van der Waals surface area (Å²) in [7, 11) is 0. The molecule has 1 amide bonds. The monoisotopic (exact) mass is 545 g/mol.